The second-order valence-electron chi connectivity index (χ2n) is 10.7. The van der Waals surface area contributed by atoms with E-state index < -0.39 is 11.2 Å². The van der Waals surface area contributed by atoms with Gasteiger partial charge >= 0.3 is 0 Å². The maximum atomic E-state index is 9.74. The first-order chi connectivity index (χ1) is 18.5. The quantitative estimate of drug-likeness (QED) is 0.419. The molecule has 2 aliphatic heterocycles. The van der Waals surface area contributed by atoms with Gasteiger partial charge in [-0.2, -0.15) is 5.26 Å². The van der Waals surface area contributed by atoms with Crippen LogP contribution in [0.3, 0.4) is 0 Å². The van der Waals surface area contributed by atoms with Crippen molar-refractivity contribution in [3.8, 4) is 17.3 Å². The van der Waals surface area contributed by atoms with Gasteiger partial charge in [0.05, 0.1) is 35.4 Å². The van der Waals surface area contributed by atoms with Gasteiger partial charge in [-0.15, -0.1) is 0 Å². The van der Waals surface area contributed by atoms with Crippen molar-refractivity contribution in [3.63, 3.8) is 0 Å². The molecular weight excluding hydrogens is 504 g/mol. The van der Waals surface area contributed by atoms with Crippen molar-refractivity contribution in [2.45, 2.75) is 63.3 Å². The number of aromatic nitrogens is 2. The van der Waals surface area contributed by atoms with Crippen molar-refractivity contribution < 1.29 is 14.2 Å². The zero-order valence-electron chi connectivity index (χ0n) is 22.0. The lowest BCUT2D eigenvalue weighted by Crippen LogP contribution is -2.45. The Morgan fingerprint density at radius 1 is 1.03 bits per heavy atom. The summed E-state index contributed by atoms with van der Waals surface area (Å²) in [6.45, 7) is 5.82. The molecular formula is C28H37ClN6O3. The molecule has 1 aliphatic carbocycles. The summed E-state index contributed by atoms with van der Waals surface area (Å²) in [5, 5.41) is 20.9. The fourth-order valence-electron chi connectivity index (χ4n) is 5.39. The van der Waals surface area contributed by atoms with Crippen molar-refractivity contribution >= 4 is 23.2 Å². The zero-order chi connectivity index (χ0) is 26.4. The second kappa shape index (κ2) is 12.1. The first-order valence-corrected chi connectivity index (χ1v) is 14.0. The molecule has 0 aromatic carbocycles. The molecule has 10 heteroatoms. The molecule has 204 valence electrons. The van der Waals surface area contributed by atoms with Gasteiger partial charge in [0.15, 0.2) is 5.79 Å². The van der Waals surface area contributed by atoms with Gasteiger partial charge in [-0.3, -0.25) is 0 Å². The third kappa shape index (κ3) is 6.74. The van der Waals surface area contributed by atoms with Crippen LogP contribution < -0.4 is 16.0 Å². The molecule has 0 amide bonds. The maximum Gasteiger partial charge on any atom is 0.178 e. The molecule has 5 rings (SSSR count). The van der Waals surface area contributed by atoms with Crippen molar-refractivity contribution in [2.24, 2.45) is 5.41 Å². The van der Waals surface area contributed by atoms with Crippen LogP contribution in [-0.4, -0.2) is 67.4 Å². The number of hydrogen-bond acceptors (Lipinski definition) is 9. The Morgan fingerprint density at radius 2 is 1.76 bits per heavy atom. The van der Waals surface area contributed by atoms with Gasteiger partial charge in [0.2, 0.25) is 0 Å². The van der Waals surface area contributed by atoms with Crippen LogP contribution in [0, 0.1) is 16.7 Å². The minimum Gasteiger partial charge on any atom is -0.381 e. The fourth-order valence-corrected chi connectivity index (χ4v) is 5.59. The summed E-state index contributed by atoms with van der Waals surface area (Å²) in [6.07, 6.45) is 7.41. The molecule has 1 saturated carbocycles. The molecule has 9 nitrogen and oxygen atoms in total. The normalized spacial score (nSPS) is 24.4. The number of nitrogens with zero attached hydrogens (tertiary/aromatic N) is 3. The number of ether oxygens (including phenoxy) is 3. The van der Waals surface area contributed by atoms with Crippen LogP contribution in [0.2, 0.25) is 5.02 Å². The predicted molar refractivity (Wildman–Crippen MR) is 147 cm³/mol. The van der Waals surface area contributed by atoms with Gasteiger partial charge in [-0.1, -0.05) is 17.7 Å². The molecule has 3 fully saturated rings. The number of nitriles is 1. The van der Waals surface area contributed by atoms with Crippen molar-refractivity contribution in [2.75, 3.05) is 50.2 Å². The Morgan fingerprint density at radius 3 is 2.50 bits per heavy atom. The van der Waals surface area contributed by atoms with Crippen molar-refractivity contribution in [1.29, 1.82) is 5.26 Å². The van der Waals surface area contributed by atoms with Gasteiger partial charge in [0, 0.05) is 50.1 Å². The summed E-state index contributed by atoms with van der Waals surface area (Å²) in [4.78, 5) is 9.32. The molecule has 4 heterocycles. The Kier molecular flexibility index (Phi) is 8.66. The highest BCUT2D eigenvalue weighted by Gasteiger charge is 2.33. The standard InChI is InChI=1S/C28H37ClN6O3/c1-27(37-13-14-38-27)18-32-20-5-7-21(8-6-20)34-26-15-22(23(29)16-31-26)24-3-2-4-25(35-24)33-19-28(17-30)9-11-36-12-10-28/h2-4,15-16,20-21,32H,5-14,18-19H2,1H3,(H,31,34)(H,33,35)/t20-,21-. The molecule has 0 bridgehead atoms. The van der Waals surface area contributed by atoms with Crippen LogP contribution in [0.25, 0.3) is 11.3 Å². The van der Waals surface area contributed by atoms with E-state index in [1.165, 1.54) is 0 Å². The lowest BCUT2D eigenvalue weighted by Gasteiger charge is -2.32. The number of nitrogens with one attached hydrogen (secondary N) is 3. The highest BCUT2D eigenvalue weighted by Crippen LogP contribution is 2.32. The van der Waals surface area contributed by atoms with Gasteiger partial charge in [-0.05, 0) is 63.6 Å². The first-order valence-electron chi connectivity index (χ1n) is 13.6. The molecule has 0 radical (unpaired) electrons. The Labute approximate surface area is 229 Å². The number of pyridine rings is 2. The monoisotopic (exact) mass is 540 g/mol. The average Bonchev–Trinajstić information content (AvgIpc) is 3.40. The summed E-state index contributed by atoms with van der Waals surface area (Å²) in [5.74, 6) is 1.02. The van der Waals surface area contributed by atoms with Gasteiger partial charge in [0.1, 0.15) is 11.6 Å². The third-order valence-corrected chi connectivity index (χ3v) is 8.17. The second-order valence-corrected chi connectivity index (χ2v) is 11.1. The SMILES string of the molecule is CC1(CN[C@H]2CC[C@H](Nc3cc(-c4cccc(NCC5(C#N)CCOCC5)n4)c(Cl)cn3)CC2)OCCO1. The highest BCUT2D eigenvalue weighted by molar-refractivity contribution is 6.33. The van der Waals surface area contributed by atoms with Crippen LogP contribution in [0.5, 0.6) is 0 Å². The summed E-state index contributed by atoms with van der Waals surface area (Å²) in [5.41, 5.74) is 1.17. The maximum absolute atomic E-state index is 9.74. The Bertz CT molecular complexity index is 1120. The van der Waals surface area contributed by atoms with Crippen molar-refractivity contribution in [1.82, 2.24) is 15.3 Å². The van der Waals surface area contributed by atoms with Crippen LogP contribution in [0.15, 0.2) is 30.5 Å². The van der Waals surface area contributed by atoms with Crippen LogP contribution in [0.4, 0.5) is 11.6 Å². The van der Waals surface area contributed by atoms with Crippen LogP contribution in [0.1, 0.15) is 45.4 Å². The number of anilines is 2. The van der Waals surface area contributed by atoms with E-state index >= 15 is 0 Å². The smallest absolute Gasteiger partial charge is 0.178 e. The number of rotatable bonds is 9. The van der Waals surface area contributed by atoms with E-state index in [0.29, 0.717) is 56.6 Å². The van der Waals surface area contributed by atoms with Crippen LogP contribution in [-0.2, 0) is 14.2 Å². The third-order valence-electron chi connectivity index (χ3n) is 7.86. The van der Waals surface area contributed by atoms with E-state index in [1.807, 2.05) is 31.2 Å². The molecule has 0 atom stereocenters. The van der Waals surface area contributed by atoms with E-state index in [9.17, 15) is 5.26 Å². The minimum absolute atomic E-state index is 0.353. The highest BCUT2D eigenvalue weighted by atomic mass is 35.5. The lowest BCUT2D eigenvalue weighted by atomic mass is 9.82. The Hall–Kier alpha value is -2.48. The summed E-state index contributed by atoms with van der Waals surface area (Å²) in [7, 11) is 0. The molecule has 3 aliphatic rings. The van der Waals surface area contributed by atoms with Gasteiger partial charge in [-0.25, -0.2) is 9.97 Å². The molecule has 2 saturated heterocycles. The number of hydrogen-bond donors (Lipinski definition) is 3. The van der Waals surface area contributed by atoms with E-state index in [0.717, 1.165) is 61.4 Å². The molecule has 2 aromatic heterocycles. The summed E-state index contributed by atoms with van der Waals surface area (Å²) < 4.78 is 16.8. The Balaban J connectivity index is 1.17. The number of halogens is 1. The van der Waals surface area contributed by atoms with Crippen molar-refractivity contribution in [3.05, 3.63) is 35.5 Å². The summed E-state index contributed by atoms with van der Waals surface area (Å²) in [6, 6.07) is 11.1. The minimum atomic E-state index is -0.498. The zero-order valence-corrected chi connectivity index (χ0v) is 22.7. The molecule has 2 aromatic rings. The predicted octanol–water partition coefficient (Wildman–Crippen LogP) is 4.60. The summed E-state index contributed by atoms with van der Waals surface area (Å²) >= 11 is 6.55. The van der Waals surface area contributed by atoms with Gasteiger partial charge < -0.3 is 30.2 Å². The van der Waals surface area contributed by atoms with Gasteiger partial charge in [0.25, 0.3) is 0 Å². The largest absolute Gasteiger partial charge is 0.381 e. The first kappa shape index (κ1) is 27.1. The lowest BCUT2D eigenvalue weighted by molar-refractivity contribution is -0.139. The fraction of sp³-hybridized carbons (Fsp3) is 0.607. The average molecular weight is 541 g/mol. The van der Waals surface area contributed by atoms with Crippen LogP contribution >= 0.6 is 11.6 Å². The van der Waals surface area contributed by atoms with E-state index in [2.05, 4.69) is 27.0 Å². The molecule has 0 spiro atoms. The van der Waals surface area contributed by atoms with E-state index in [-0.39, 0.29) is 0 Å². The molecule has 3 N–H and O–H groups in total. The van der Waals surface area contributed by atoms with E-state index in [4.69, 9.17) is 30.8 Å². The molecule has 0 unspecified atom stereocenters. The van der Waals surface area contributed by atoms with E-state index in [1.54, 1.807) is 6.20 Å². The molecule has 38 heavy (non-hydrogen) atoms. The topological polar surface area (TPSA) is 113 Å².